The molecule has 12 heteroatoms. The molecule has 3 fully saturated rings. The number of unbranched alkanes of at least 4 members (excludes halogenated alkanes) is 2. The third kappa shape index (κ3) is 6.22. The molecule has 1 N–H and O–H groups in total. The van der Waals surface area contributed by atoms with E-state index in [-0.39, 0.29) is 41.3 Å². The quantitative estimate of drug-likeness (QED) is 0.222. The van der Waals surface area contributed by atoms with Gasteiger partial charge in [-0.2, -0.15) is 0 Å². The van der Waals surface area contributed by atoms with Crippen LogP contribution in [0.15, 0.2) is 24.3 Å². The lowest BCUT2D eigenvalue weighted by molar-refractivity contribution is -0.384. The number of hydrogen-bond donors (Lipinski definition) is 1. The number of carbonyl (C=O) groups is 4. The third-order valence-corrected chi connectivity index (χ3v) is 7.85. The third-order valence-electron chi connectivity index (χ3n) is 7.85. The van der Waals surface area contributed by atoms with Crippen molar-refractivity contribution in [3.63, 3.8) is 0 Å². The van der Waals surface area contributed by atoms with Gasteiger partial charge in [-0.05, 0) is 44.2 Å². The van der Waals surface area contributed by atoms with E-state index in [4.69, 9.17) is 4.74 Å². The molecule has 1 aromatic carbocycles. The zero-order chi connectivity index (χ0) is 27.2. The number of anilines is 1. The van der Waals surface area contributed by atoms with Crippen LogP contribution in [-0.4, -0.2) is 84.4 Å². The van der Waals surface area contributed by atoms with Crippen LogP contribution < -0.4 is 10.2 Å². The number of methoxy groups -OCH3 is 1. The molecule has 3 aliphatic rings. The SMILES string of the molecule is COC(=O)C1CCC2C(=O)N(CCCCCC(=O)N3CCN(c4ccc([N+](=O)[O-])cc4)CC3)C(=O)NC2C1. The van der Waals surface area contributed by atoms with Crippen LogP contribution in [0.5, 0.6) is 0 Å². The normalized spacial score (nSPS) is 23.5. The van der Waals surface area contributed by atoms with Gasteiger partial charge < -0.3 is 19.9 Å². The van der Waals surface area contributed by atoms with Gasteiger partial charge >= 0.3 is 12.0 Å². The number of nitro groups is 1. The number of benzene rings is 1. The molecule has 38 heavy (non-hydrogen) atoms. The van der Waals surface area contributed by atoms with Gasteiger partial charge in [0.15, 0.2) is 0 Å². The van der Waals surface area contributed by atoms with Crippen LogP contribution in [0, 0.1) is 22.0 Å². The lowest BCUT2D eigenvalue weighted by Crippen LogP contribution is -2.61. The highest BCUT2D eigenvalue weighted by Crippen LogP contribution is 2.33. The Bertz CT molecular complexity index is 1050. The highest BCUT2D eigenvalue weighted by Gasteiger charge is 2.45. The Labute approximate surface area is 221 Å². The summed E-state index contributed by atoms with van der Waals surface area (Å²) in [6.07, 6.45) is 3.99. The van der Waals surface area contributed by atoms with E-state index >= 15 is 0 Å². The van der Waals surface area contributed by atoms with Crippen LogP contribution >= 0.6 is 0 Å². The minimum Gasteiger partial charge on any atom is -0.469 e. The number of nitrogens with one attached hydrogen (secondary N) is 1. The number of imide groups is 1. The zero-order valence-electron chi connectivity index (χ0n) is 21.7. The fourth-order valence-electron chi connectivity index (χ4n) is 5.64. The topological polar surface area (TPSA) is 142 Å². The van der Waals surface area contributed by atoms with E-state index in [1.165, 1.54) is 24.1 Å². The largest absolute Gasteiger partial charge is 0.469 e. The fourth-order valence-corrected chi connectivity index (χ4v) is 5.64. The van der Waals surface area contributed by atoms with Crippen molar-refractivity contribution in [2.75, 3.05) is 44.7 Å². The molecule has 4 rings (SSSR count). The van der Waals surface area contributed by atoms with Crippen molar-refractivity contribution in [2.24, 2.45) is 11.8 Å². The summed E-state index contributed by atoms with van der Waals surface area (Å²) in [4.78, 5) is 65.6. The summed E-state index contributed by atoms with van der Waals surface area (Å²) in [6, 6.07) is 5.70. The molecule has 2 heterocycles. The number of piperazine rings is 1. The Morgan fingerprint density at radius 1 is 1.05 bits per heavy atom. The van der Waals surface area contributed by atoms with Crippen molar-refractivity contribution < 1.29 is 28.8 Å². The maximum absolute atomic E-state index is 12.9. The van der Waals surface area contributed by atoms with Gasteiger partial charge in [0, 0.05) is 63.0 Å². The number of fused-ring (bicyclic) bond motifs is 1. The number of hydrogen-bond acceptors (Lipinski definition) is 8. The van der Waals surface area contributed by atoms with Gasteiger partial charge in [0.05, 0.1) is 23.9 Å². The van der Waals surface area contributed by atoms with Crippen molar-refractivity contribution >= 4 is 35.2 Å². The molecule has 1 aromatic rings. The van der Waals surface area contributed by atoms with E-state index in [1.807, 2.05) is 4.90 Å². The first-order valence-corrected chi connectivity index (χ1v) is 13.3. The van der Waals surface area contributed by atoms with Gasteiger partial charge in [-0.3, -0.25) is 29.4 Å². The van der Waals surface area contributed by atoms with Gasteiger partial charge in [0.1, 0.15) is 0 Å². The minimum atomic E-state index is -0.422. The first kappa shape index (κ1) is 27.3. The first-order chi connectivity index (χ1) is 18.3. The molecule has 2 aliphatic heterocycles. The summed E-state index contributed by atoms with van der Waals surface area (Å²) in [7, 11) is 1.35. The monoisotopic (exact) mass is 529 g/mol. The Balaban J connectivity index is 1.14. The standard InChI is InChI=1S/C26H35N5O7/c1-38-25(34)18-6-11-21-22(17-18)27-26(35)30(24(21)33)12-4-2-3-5-23(32)29-15-13-28(14-16-29)19-7-9-20(10-8-19)31(36)37/h7-10,18,21-22H,2-6,11-17H2,1H3,(H,27,35). The van der Waals surface area contributed by atoms with E-state index < -0.39 is 11.0 Å². The van der Waals surface area contributed by atoms with E-state index in [0.29, 0.717) is 71.2 Å². The number of urea groups is 1. The number of non-ortho nitro benzene ring substituents is 1. The maximum atomic E-state index is 12.9. The predicted molar refractivity (Wildman–Crippen MR) is 137 cm³/mol. The maximum Gasteiger partial charge on any atom is 0.324 e. The van der Waals surface area contributed by atoms with Gasteiger partial charge in [-0.1, -0.05) is 6.42 Å². The first-order valence-electron chi connectivity index (χ1n) is 13.3. The van der Waals surface area contributed by atoms with E-state index in [9.17, 15) is 29.3 Å². The number of nitro benzene ring substituents is 1. The van der Waals surface area contributed by atoms with Crippen molar-refractivity contribution in [2.45, 2.75) is 51.0 Å². The summed E-state index contributed by atoms with van der Waals surface area (Å²) >= 11 is 0. The number of esters is 1. The molecule has 2 saturated heterocycles. The van der Waals surface area contributed by atoms with Crippen molar-refractivity contribution in [3.05, 3.63) is 34.4 Å². The molecule has 3 atom stereocenters. The molecule has 12 nitrogen and oxygen atoms in total. The Morgan fingerprint density at radius 3 is 2.42 bits per heavy atom. The van der Waals surface area contributed by atoms with E-state index in [0.717, 1.165) is 12.1 Å². The minimum absolute atomic E-state index is 0.0554. The molecule has 4 amide bonds. The van der Waals surface area contributed by atoms with Crippen molar-refractivity contribution in [3.8, 4) is 0 Å². The molecule has 1 saturated carbocycles. The zero-order valence-corrected chi connectivity index (χ0v) is 21.7. The van der Waals surface area contributed by atoms with Crippen molar-refractivity contribution in [1.29, 1.82) is 0 Å². The summed E-state index contributed by atoms with van der Waals surface area (Å²) in [5.41, 5.74) is 0.960. The molecular formula is C26H35N5O7. The smallest absolute Gasteiger partial charge is 0.324 e. The van der Waals surface area contributed by atoms with Crippen LogP contribution in [0.3, 0.4) is 0 Å². The number of nitrogens with zero attached hydrogens (tertiary/aromatic N) is 4. The number of amides is 4. The molecule has 0 aromatic heterocycles. The fraction of sp³-hybridized carbons (Fsp3) is 0.615. The molecular weight excluding hydrogens is 494 g/mol. The van der Waals surface area contributed by atoms with Gasteiger partial charge in [0.2, 0.25) is 11.8 Å². The lowest BCUT2D eigenvalue weighted by Gasteiger charge is -2.41. The summed E-state index contributed by atoms with van der Waals surface area (Å²) in [5, 5.41) is 13.7. The predicted octanol–water partition coefficient (Wildman–Crippen LogP) is 2.31. The van der Waals surface area contributed by atoms with Crippen LogP contribution in [0.4, 0.5) is 16.2 Å². The molecule has 0 bridgehead atoms. The molecule has 0 radical (unpaired) electrons. The summed E-state index contributed by atoms with van der Waals surface area (Å²) < 4.78 is 4.81. The second-order valence-electron chi connectivity index (χ2n) is 10.1. The van der Waals surface area contributed by atoms with Gasteiger partial charge in [0.25, 0.3) is 5.69 Å². The highest BCUT2D eigenvalue weighted by molar-refractivity contribution is 5.98. The van der Waals surface area contributed by atoms with E-state index in [1.54, 1.807) is 12.1 Å². The number of rotatable bonds is 9. The molecule has 206 valence electrons. The Kier molecular flexibility index (Phi) is 8.80. The van der Waals surface area contributed by atoms with Gasteiger partial charge in [-0.15, -0.1) is 0 Å². The van der Waals surface area contributed by atoms with Crippen LogP contribution in [-0.2, 0) is 19.1 Å². The number of ether oxygens (including phenoxy) is 1. The second-order valence-corrected chi connectivity index (χ2v) is 10.1. The molecule has 0 spiro atoms. The highest BCUT2D eigenvalue weighted by atomic mass is 16.6. The van der Waals surface area contributed by atoms with Crippen LogP contribution in [0.1, 0.15) is 44.9 Å². The van der Waals surface area contributed by atoms with Gasteiger partial charge in [-0.25, -0.2) is 4.79 Å². The lowest BCUT2D eigenvalue weighted by atomic mass is 9.76. The molecule has 3 unspecified atom stereocenters. The Morgan fingerprint density at radius 2 is 1.76 bits per heavy atom. The molecule has 1 aliphatic carbocycles. The Hall–Kier alpha value is -3.70. The summed E-state index contributed by atoms with van der Waals surface area (Å²) in [5.74, 6) is -0.980. The van der Waals surface area contributed by atoms with Crippen LogP contribution in [0.25, 0.3) is 0 Å². The van der Waals surface area contributed by atoms with E-state index in [2.05, 4.69) is 10.2 Å². The second kappa shape index (κ2) is 12.2. The summed E-state index contributed by atoms with van der Waals surface area (Å²) in [6.45, 7) is 2.84. The van der Waals surface area contributed by atoms with Crippen molar-refractivity contribution in [1.82, 2.24) is 15.1 Å². The average molecular weight is 530 g/mol. The average Bonchev–Trinajstić information content (AvgIpc) is 2.93. The van der Waals surface area contributed by atoms with Crippen LogP contribution in [0.2, 0.25) is 0 Å². The number of carbonyl (C=O) groups excluding carboxylic acids is 4.